The van der Waals surface area contributed by atoms with Gasteiger partial charge in [0.1, 0.15) is 5.75 Å². The Labute approximate surface area is 165 Å². The zero-order valence-corrected chi connectivity index (χ0v) is 16.1. The number of rotatable bonds is 7. The normalized spacial score (nSPS) is 19.4. The summed E-state index contributed by atoms with van der Waals surface area (Å²) in [6.45, 7) is 1.54. The van der Waals surface area contributed by atoms with Crippen molar-refractivity contribution in [2.45, 2.75) is 32.1 Å². The van der Waals surface area contributed by atoms with Gasteiger partial charge in [0.15, 0.2) is 0 Å². The van der Waals surface area contributed by atoms with E-state index in [2.05, 4.69) is 15.5 Å². The molecule has 2 aromatic carbocycles. The van der Waals surface area contributed by atoms with Gasteiger partial charge < -0.3 is 10.1 Å². The number of carbonyl (C=O) groups is 1. The molecule has 1 heterocycles. The van der Waals surface area contributed by atoms with Gasteiger partial charge in [-0.2, -0.15) is 5.10 Å². The maximum absolute atomic E-state index is 12.4. The predicted molar refractivity (Wildman–Crippen MR) is 110 cm³/mol. The molecule has 1 saturated carbocycles. The van der Waals surface area contributed by atoms with Gasteiger partial charge in [0.2, 0.25) is 0 Å². The van der Waals surface area contributed by atoms with E-state index in [0.29, 0.717) is 11.5 Å². The Balaban J connectivity index is 1.16. The molecule has 0 atom stereocenters. The Morgan fingerprint density at radius 3 is 2.68 bits per heavy atom. The molecular formula is C23H27N3O2. The average Bonchev–Trinajstić information content (AvgIpc) is 3.21. The Morgan fingerprint density at radius 1 is 1.07 bits per heavy atom. The molecule has 1 aliphatic rings. The third-order valence-corrected chi connectivity index (χ3v) is 5.76. The van der Waals surface area contributed by atoms with Crippen LogP contribution in [0.2, 0.25) is 0 Å². The van der Waals surface area contributed by atoms with Crippen LogP contribution >= 0.6 is 0 Å². The number of benzene rings is 2. The first kappa shape index (κ1) is 18.5. The second-order valence-corrected chi connectivity index (χ2v) is 7.72. The molecule has 0 aliphatic heterocycles. The molecule has 3 aromatic rings. The van der Waals surface area contributed by atoms with E-state index in [-0.39, 0.29) is 5.91 Å². The van der Waals surface area contributed by atoms with Crippen molar-refractivity contribution >= 4 is 16.8 Å². The first-order valence-electron chi connectivity index (χ1n) is 10.2. The van der Waals surface area contributed by atoms with Crippen LogP contribution in [0.15, 0.2) is 54.7 Å². The first-order chi connectivity index (χ1) is 13.8. The predicted octanol–water partition coefficient (Wildman–Crippen LogP) is 4.57. The molecule has 0 radical (unpaired) electrons. The Morgan fingerprint density at radius 2 is 1.86 bits per heavy atom. The largest absolute Gasteiger partial charge is 0.494 e. The molecule has 2 N–H and O–H groups in total. The van der Waals surface area contributed by atoms with E-state index in [1.54, 1.807) is 6.20 Å². The topological polar surface area (TPSA) is 67.0 Å². The monoisotopic (exact) mass is 377 g/mol. The maximum Gasteiger partial charge on any atom is 0.251 e. The van der Waals surface area contributed by atoms with E-state index < -0.39 is 0 Å². The van der Waals surface area contributed by atoms with Gasteiger partial charge in [-0.25, -0.2) is 0 Å². The molecule has 5 nitrogen and oxygen atoms in total. The highest BCUT2D eigenvalue weighted by molar-refractivity contribution is 5.97. The van der Waals surface area contributed by atoms with Gasteiger partial charge in [-0.1, -0.05) is 18.2 Å². The summed E-state index contributed by atoms with van der Waals surface area (Å²) < 4.78 is 5.82. The molecule has 0 saturated heterocycles. The third kappa shape index (κ3) is 4.71. The van der Waals surface area contributed by atoms with Crippen molar-refractivity contribution in [1.29, 1.82) is 0 Å². The fourth-order valence-corrected chi connectivity index (χ4v) is 4.01. The SMILES string of the molecule is O=C(NCC1CCC(CCOc2ccccc2)CC1)c1ccc2[nH]ncc2c1. The summed E-state index contributed by atoms with van der Waals surface area (Å²) >= 11 is 0. The molecule has 146 valence electrons. The fraction of sp³-hybridized carbons (Fsp3) is 0.391. The van der Waals surface area contributed by atoms with Crippen LogP contribution in [0.3, 0.4) is 0 Å². The molecular weight excluding hydrogens is 350 g/mol. The molecule has 4 rings (SSSR count). The van der Waals surface area contributed by atoms with E-state index >= 15 is 0 Å². The van der Waals surface area contributed by atoms with E-state index in [1.807, 2.05) is 48.5 Å². The lowest BCUT2D eigenvalue weighted by Crippen LogP contribution is -2.31. The average molecular weight is 377 g/mol. The van der Waals surface area contributed by atoms with Gasteiger partial charge in [0.05, 0.1) is 18.3 Å². The van der Waals surface area contributed by atoms with E-state index in [9.17, 15) is 4.79 Å². The van der Waals surface area contributed by atoms with E-state index in [4.69, 9.17) is 4.74 Å². The summed E-state index contributed by atoms with van der Waals surface area (Å²) in [4.78, 5) is 12.4. The molecule has 0 unspecified atom stereocenters. The highest BCUT2D eigenvalue weighted by Crippen LogP contribution is 2.30. The number of aromatic nitrogens is 2. The standard InChI is InChI=1S/C23H27N3O2/c27-23(19-10-11-22-20(14-19)16-25-26-22)24-15-18-8-6-17(7-9-18)12-13-28-21-4-2-1-3-5-21/h1-5,10-11,14,16-18H,6-9,12-13,15H2,(H,24,27)(H,25,26). The van der Waals surface area contributed by atoms with Gasteiger partial charge in [-0.15, -0.1) is 0 Å². The minimum Gasteiger partial charge on any atom is -0.494 e. The van der Waals surface area contributed by atoms with Gasteiger partial charge in [0.25, 0.3) is 5.91 Å². The number of H-pyrrole nitrogens is 1. The molecule has 5 heteroatoms. The van der Waals surface area contributed by atoms with Gasteiger partial charge in [0, 0.05) is 17.5 Å². The number of ether oxygens (including phenoxy) is 1. The summed E-state index contributed by atoms with van der Waals surface area (Å²) in [7, 11) is 0. The quantitative estimate of drug-likeness (QED) is 0.634. The van der Waals surface area contributed by atoms with Gasteiger partial charge in [-0.3, -0.25) is 9.89 Å². The Bertz CT molecular complexity index is 898. The Kier molecular flexibility index (Phi) is 5.90. The van der Waals surface area contributed by atoms with Crippen molar-refractivity contribution in [3.05, 3.63) is 60.3 Å². The zero-order chi connectivity index (χ0) is 19.2. The number of hydrogen-bond acceptors (Lipinski definition) is 3. The van der Waals surface area contributed by atoms with Crippen LogP contribution < -0.4 is 10.1 Å². The van der Waals surface area contributed by atoms with Crippen molar-refractivity contribution in [2.24, 2.45) is 11.8 Å². The molecule has 1 amide bonds. The van der Waals surface area contributed by atoms with Crippen molar-refractivity contribution in [3.63, 3.8) is 0 Å². The molecule has 1 fully saturated rings. The number of carbonyl (C=O) groups excluding carboxylic acids is 1. The molecule has 0 spiro atoms. The van der Waals surface area contributed by atoms with Crippen LogP contribution in [0.4, 0.5) is 0 Å². The summed E-state index contributed by atoms with van der Waals surface area (Å²) in [5, 5.41) is 11.0. The van der Waals surface area contributed by atoms with Gasteiger partial charge >= 0.3 is 0 Å². The van der Waals surface area contributed by atoms with E-state index in [0.717, 1.165) is 42.1 Å². The third-order valence-electron chi connectivity index (χ3n) is 5.76. The fourth-order valence-electron chi connectivity index (χ4n) is 4.01. The van der Waals surface area contributed by atoms with Crippen LogP contribution in [0, 0.1) is 11.8 Å². The summed E-state index contributed by atoms with van der Waals surface area (Å²) in [5.41, 5.74) is 1.65. The minimum absolute atomic E-state index is 0.00137. The maximum atomic E-state index is 12.4. The number of nitrogens with zero attached hydrogens (tertiary/aromatic N) is 1. The van der Waals surface area contributed by atoms with Gasteiger partial charge in [-0.05, 0) is 74.3 Å². The summed E-state index contributed by atoms with van der Waals surface area (Å²) in [5.74, 6) is 2.26. The molecule has 1 aromatic heterocycles. The summed E-state index contributed by atoms with van der Waals surface area (Å²) in [6.07, 6.45) is 7.65. The van der Waals surface area contributed by atoms with Crippen LogP contribution in [-0.4, -0.2) is 29.3 Å². The second kappa shape index (κ2) is 8.91. The highest BCUT2D eigenvalue weighted by atomic mass is 16.5. The van der Waals surface area contributed by atoms with E-state index in [1.165, 1.54) is 25.7 Å². The van der Waals surface area contributed by atoms with Crippen LogP contribution in [0.5, 0.6) is 5.75 Å². The number of amides is 1. The number of hydrogen-bond donors (Lipinski definition) is 2. The smallest absolute Gasteiger partial charge is 0.251 e. The van der Waals surface area contributed by atoms with Crippen molar-refractivity contribution < 1.29 is 9.53 Å². The lowest BCUT2D eigenvalue weighted by Gasteiger charge is -2.28. The molecule has 28 heavy (non-hydrogen) atoms. The molecule has 0 bridgehead atoms. The van der Waals surface area contributed by atoms with Crippen LogP contribution in [-0.2, 0) is 0 Å². The number of fused-ring (bicyclic) bond motifs is 1. The van der Waals surface area contributed by atoms with Crippen LogP contribution in [0.25, 0.3) is 10.9 Å². The van der Waals surface area contributed by atoms with Crippen LogP contribution in [0.1, 0.15) is 42.5 Å². The van der Waals surface area contributed by atoms with Crippen molar-refractivity contribution in [1.82, 2.24) is 15.5 Å². The first-order valence-corrected chi connectivity index (χ1v) is 10.2. The zero-order valence-electron chi connectivity index (χ0n) is 16.1. The number of nitrogens with one attached hydrogen (secondary N) is 2. The lowest BCUT2D eigenvalue weighted by atomic mass is 9.80. The second-order valence-electron chi connectivity index (χ2n) is 7.72. The summed E-state index contributed by atoms with van der Waals surface area (Å²) in [6, 6.07) is 15.7. The van der Waals surface area contributed by atoms with Crippen molar-refractivity contribution in [2.75, 3.05) is 13.2 Å². The number of aromatic amines is 1. The van der Waals surface area contributed by atoms with Crippen molar-refractivity contribution in [3.8, 4) is 5.75 Å². The highest BCUT2D eigenvalue weighted by Gasteiger charge is 2.21. The minimum atomic E-state index is 0.00137. The number of para-hydroxylation sites is 1. The molecule has 1 aliphatic carbocycles. The lowest BCUT2D eigenvalue weighted by molar-refractivity contribution is 0.0940. The Hall–Kier alpha value is -2.82.